The maximum absolute atomic E-state index is 13.1. The molecule has 9 heteroatoms. The fraction of sp³-hybridized carbons (Fsp3) is 0.455. The molecule has 0 bridgehead atoms. The first-order valence-electron chi connectivity index (χ1n) is 10.5. The minimum atomic E-state index is -1.02. The molecule has 0 spiro atoms. The fourth-order valence-corrected chi connectivity index (χ4v) is 4.13. The molecular formula is C22H27N5O4. The number of likely N-dealkylation sites (tertiary alicyclic amines) is 1. The van der Waals surface area contributed by atoms with Crippen LogP contribution in [0.1, 0.15) is 43.4 Å². The Kier molecular flexibility index (Phi) is 5.77. The number of imidazole rings is 1. The monoisotopic (exact) mass is 425 g/mol. The van der Waals surface area contributed by atoms with Gasteiger partial charge in [0.1, 0.15) is 24.2 Å². The Labute approximate surface area is 180 Å². The van der Waals surface area contributed by atoms with Crippen LogP contribution in [0.2, 0.25) is 0 Å². The number of carbonyl (C=O) groups is 3. The number of esters is 1. The molecule has 4 N–H and O–H groups in total. The highest BCUT2D eigenvalue weighted by molar-refractivity contribution is 5.96. The number of ether oxygens (including phenoxy) is 1. The molecule has 4 atom stereocenters. The highest BCUT2D eigenvalue weighted by Gasteiger charge is 2.61. The van der Waals surface area contributed by atoms with E-state index < -0.39 is 23.6 Å². The lowest BCUT2D eigenvalue weighted by atomic mass is 10.1. The van der Waals surface area contributed by atoms with Crippen LogP contribution in [-0.4, -0.2) is 56.8 Å². The van der Waals surface area contributed by atoms with Crippen molar-refractivity contribution in [2.24, 2.45) is 5.73 Å². The Morgan fingerprint density at radius 3 is 2.84 bits per heavy atom. The molecule has 1 aromatic carbocycles. The summed E-state index contributed by atoms with van der Waals surface area (Å²) in [5.74, 6) is -1.25. The van der Waals surface area contributed by atoms with Crippen LogP contribution in [0.3, 0.4) is 0 Å². The summed E-state index contributed by atoms with van der Waals surface area (Å²) in [6, 6.07) is 7.86. The number of nitrogens with zero attached hydrogens (tertiary/aromatic N) is 2. The van der Waals surface area contributed by atoms with Gasteiger partial charge in [0.15, 0.2) is 0 Å². The van der Waals surface area contributed by atoms with Gasteiger partial charge in [-0.25, -0.2) is 9.78 Å². The Morgan fingerprint density at radius 1 is 1.35 bits per heavy atom. The van der Waals surface area contributed by atoms with Crippen LogP contribution in [0.4, 0.5) is 0 Å². The van der Waals surface area contributed by atoms with Gasteiger partial charge in [0.25, 0.3) is 0 Å². The number of aromatic amines is 1. The van der Waals surface area contributed by atoms with Crippen molar-refractivity contribution in [3.8, 4) is 0 Å². The van der Waals surface area contributed by atoms with Crippen molar-refractivity contribution in [2.45, 2.75) is 56.3 Å². The standard InChI is InChI=1S/C22H27N5O4/c1-14(20(29)31-12-15-6-3-2-4-7-15)26-19(28)18-8-5-9-27(18)21(30)22(23)10-16(22)17-11-24-13-25-17/h2-4,6-7,11,13-14,16,18H,5,8-10,12,23H2,1H3,(H,24,25)(H,26,28)/t14-,16?,18+,22?/m1/s1. The predicted octanol–water partition coefficient (Wildman–Crippen LogP) is 0.834. The molecule has 2 unspecified atom stereocenters. The second-order valence-electron chi connectivity index (χ2n) is 8.28. The third-order valence-corrected chi connectivity index (χ3v) is 6.05. The van der Waals surface area contributed by atoms with E-state index in [1.807, 2.05) is 30.3 Å². The number of benzene rings is 1. The molecule has 2 amide bonds. The summed E-state index contributed by atoms with van der Waals surface area (Å²) in [5.41, 5.74) is 7.04. The quantitative estimate of drug-likeness (QED) is 0.564. The van der Waals surface area contributed by atoms with E-state index in [2.05, 4.69) is 15.3 Å². The first-order valence-corrected chi connectivity index (χ1v) is 10.5. The van der Waals surface area contributed by atoms with E-state index in [0.717, 1.165) is 11.3 Å². The second-order valence-corrected chi connectivity index (χ2v) is 8.28. The minimum Gasteiger partial charge on any atom is -0.459 e. The number of amides is 2. The van der Waals surface area contributed by atoms with Crippen LogP contribution >= 0.6 is 0 Å². The number of aromatic nitrogens is 2. The number of nitrogens with two attached hydrogens (primary N) is 1. The largest absolute Gasteiger partial charge is 0.459 e. The summed E-state index contributed by atoms with van der Waals surface area (Å²) in [5, 5.41) is 2.69. The fourth-order valence-electron chi connectivity index (χ4n) is 4.13. The van der Waals surface area contributed by atoms with Crippen LogP contribution in [0.5, 0.6) is 0 Å². The number of nitrogens with one attached hydrogen (secondary N) is 2. The molecule has 1 aromatic heterocycles. The molecule has 4 rings (SSSR count). The zero-order chi connectivity index (χ0) is 22.0. The molecule has 1 saturated heterocycles. The summed E-state index contributed by atoms with van der Waals surface area (Å²) in [4.78, 5) is 46.8. The molecule has 0 radical (unpaired) electrons. The average Bonchev–Trinajstić information content (AvgIpc) is 3.17. The Balaban J connectivity index is 1.32. The summed E-state index contributed by atoms with van der Waals surface area (Å²) in [6.45, 7) is 2.18. The van der Waals surface area contributed by atoms with Crippen LogP contribution in [0.25, 0.3) is 0 Å². The predicted molar refractivity (Wildman–Crippen MR) is 111 cm³/mol. The number of rotatable bonds is 7. The third kappa shape index (κ3) is 4.32. The minimum absolute atomic E-state index is 0.126. The summed E-state index contributed by atoms with van der Waals surface area (Å²) < 4.78 is 5.28. The number of hydrogen-bond donors (Lipinski definition) is 3. The Hall–Kier alpha value is -3.20. The number of hydrogen-bond acceptors (Lipinski definition) is 6. The molecular weight excluding hydrogens is 398 g/mol. The lowest BCUT2D eigenvalue weighted by Crippen LogP contribution is -2.54. The molecule has 2 aromatic rings. The molecule has 2 aliphatic rings. The normalized spacial score (nSPS) is 25.7. The highest BCUT2D eigenvalue weighted by Crippen LogP contribution is 2.50. The van der Waals surface area contributed by atoms with Gasteiger partial charge in [-0.1, -0.05) is 30.3 Å². The van der Waals surface area contributed by atoms with Crippen molar-refractivity contribution in [1.29, 1.82) is 0 Å². The maximum atomic E-state index is 13.1. The zero-order valence-electron chi connectivity index (χ0n) is 17.4. The molecule has 31 heavy (non-hydrogen) atoms. The zero-order valence-corrected chi connectivity index (χ0v) is 17.4. The van der Waals surface area contributed by atoms with E-state index in [1.54, 1.807) is 24.3 Å². The smallest absolute Gasteiger partial charge is 0.328 e. The van der Waals surface area contributed by atoms with Gasteiger partial charge in [-0.3, -0.25) is 9.59 Å². The van der Waals surface area contributed by atoms with Gasteiger partial charge in [0.05, 0.1) is 6.33 Å². The average molecular weight is 425 g/mol. The Morgan fingerprint density at radius 2 is 2.13 bits per heavy atom. The van der Waals surface area contributed by atoms with Crippen LogP contribution < -0.4 is 11.1 Å². The van der Waals surface area contributed by atoms with Gasteiger partial charge in [0.2, 0.25) is 11.8 Å². The van der Waals surface area contributed by atoms with E-state index in [9.17, 15) is 14.4 Å². The van der Waals surface area contributed by atoms with Crippen molar-refractivity contribution in [1.82, 2.24) is 20.2 Å². The van der Waals surface area contributed by atoms with Gasteiger partial charge in [-0.05, 0) is 31.7 Å². The van der Waals surface area contributed by atoms with Gasteiger partial charge in [-0.15, -0.1) is 0 Å². The molecule has 1 aliphatic carbocycles. The van der Waals surface area contributed by atoms with E-state index in [1.165, 1.54) is 0 Å². The van der Waals surface area contributed by atoms with Gasteiger partial charge in [-0.2, -0.15) is 0 Å². The van der Waals surface area contributed by atoms with Gasteiger partial charge < -0.3 is 25.7 Å². The topological polar surface area (TPSA) is 130 Å². The molecule has 164 valence electrons. The molecule has 1 saturated carbocycles. The molecule has 1 aliphatic heterocycles. The molecule has 9 nitrogen and oxygen atoms in total. The SMILES string of the molecule is C[C@@H](NC(=O)[C@@H]1CCCN1C(=O)C1(N)CC1c1cnc[nH]1)C(=O)OCc1ccccc1. The van der Waals surface area contributed by atoms with E-state index in [-0.39, 0.29) is 24.3 Å². The maximum Gasteiger partial charge on any atom is 0.328 e. The lowest BCUT2D eigenvalue weighted by Gasteiger charge is -2.28. The number of H-pyrrole nitrogens is 1. The first kappa shape index (κ1) is 21.0. The van der Waals surface area contributed by atoms with Gasteiger partial charge >= 0.3 is 5.97 Å². The molecule has 2 fully saturated rings. The first-order chi connectivity index (χ1) is 14.9. The van der Waals surface area contributed by atoms with Gasteiger partial charge in [0, 0.05) is 24.4 Å². The van der Waals surface area contributed by atoms with E-state index >= 15 is 0 Å². The van der Waals surface area contributed by atoms with Crippen LogP contribution in [-0.2, 0) is 25.7 Å². The summed E-state index contributed by atoms with van der Waals surface area (Å²) in [6.07, 6.45) is 4.99. The summed E-state index contributed by atoms with van der Waals surface area (Å²) in [7, 11) is 0. The van der Waals surface area contributed by atoms with Crippen LogP contribution in [0.15, 0.2) is 42.9 Å². The lowest BCUT2D eigenvalue weighted by molar-refractivity contribution is -0.149. The van der Waals surface area contributed by atoms with Crippen molar-refractivity contribution in [2.75, 3.05) is 6.54 Å². The van der Waals surface area contributed by atoms with Crippen molar-refractivity contribution in [3.63, 3.8) is 0 Å². The Bertz CT molecular complexity index is 948. The van der Waals surface area contributed by atoms with E-state index in [4.69, 9.17) is 10.5 Å². The van der Waals surface area contributed by atoms with Crippen molar-refractivity contribution >= 4 is 17.8 Å². The third-order valence-electron chi connectivity index (χ3n) is 6.05. The van der Waals surface area contributed by atoms with E-state index in [0.29, 0.717) is 25.8 Å². The van der Waals surface area contributed by atoms with Crippen LogP contribution in [0, 0.1) is 0 Å². The second kappa shape index (κ2) is 8.50. The van der Waals surface area contributed by atoms with Crippen molar-refractivity contribution in [3.05, 3.63) is 54.1 Å². The highest BCUT2D eigenvalue weighted by atomic mass is 16.5. The van der Waals surface area contributed by atoms with Crippen molar-refractivity contribution < 1.29 is 19.1 Å². The molecule has 2 heterocycles. The number of carbonyl (C=O) groups excluding carboxylic acids is 3. The summed E-state index contributed by atoms with van der Waals surface area (Å²) >= 11 is 0.